The van der Waals surface area contributed by atoms with Gasteiger partial charge in [-0.2, -0.15) is 0 Å². The SMILES string of the molecule is Cc1cnc(CNS(=O)(=O)c2cc(N)c(F)cc2Cl)o1. The summed E-state index contributed by atoms with van der Waals surface area (Å²) in [4.78, 5) is 3.55. The van der Waals surface area contributed by atoms with Gasteiger partial charge in [0.2, 0.25) is 15.9 Å². The number of nitrogen functional groups attached to an aromatic ring is 1. The van der Waals surface area contributed by atoms with E-state index in [1.165, 1.54) is 6.20 Å². The van der Waals surface area contributed by atoms with Gasteiger partial charge in [0, 0.05) is 0 Å². The summed E-state index contributed by atoms with van der Waals surface area (Å²) in [5.41, 5.74) is 5.04. The highest BCUT2D eigenvalue weighted by molar-refractivity contribution is 7.89. The van der Waals surface area contributed by atoms with Crippen molar-refractivity contribution in [2.24, 2.45) is 0 Å². The topological polar surface area (TPSA) is 98.2 Å². The molecule has 0 aliphatic heterocycles. The van der Waals surface area contributed by atoms with E-state index < -0.39 is 15.8 Å². The molecule has 0 aliphatic carbocycles. The van der Waals surface area contributed by atoms with E-state index in [9.17, 15) is 12.8 Å². The number of hydrogen-bond acceptors (Lipinski definition) is 5. The van der Waals surface area contributed by atoms with E-state index in [0.29, 0.717) is 5.76 Å². The van der Waals surface area contributed by atoms with Crippen molar-refractivity contribution in [1.82, 2.24) is 9.71 Å². The first-order chi connectivity index (χ1) is 9.29. The molecular weight excluding hydrogens is 309 g/mol. The van der Waals surface area contributed by atoms with Gasteiger partial charge in [0.05, 0.1) is 23.5 Å². The largest absolute Gasteiger partial charge is 0.445 e. The highest BCUT2D eigenvalue weighted by Crippen LogP contribution is 2.26. The van der Waals surface area contributed by atoms with Crippen LogP contribution in [-0.4, -0.2) is 13.4 Å². The van der Waals surface area contributed by atoms with Crippen LogP contribution in [0.15, 0.2) is 27.6 Å². The predicted octanol–water partition coefficient (Wildman–Crippen LogP) is 1.84. The van der Waals surface area contributed by atoms with E-state index in [-0.39, 0.29) is 28.0 Å². The van der Waals surface area contributed by atoms with Crippen LogP contribution in [0.3, 0.4) is 0 Å². The lowest BCUT2D eigenvalue weighted by Gasteiger charge is -2.08. The zero-order chi connectivity index (χ0) is 14.9. The number of oxazole rings is 1. The Morgan fingerprint density at radius 3 is 2.80 bits per heavy atom. The average Bonchev–Trinajstić information content (AvgIpc) is 2.77. The predicted molar refractivity (Wildman–Crippen MR) is 71.1 cm³/mol. The number of benzene rings is 1. The Morgan fingerprint density at radius 1 is 1.50 bits per heavy atom. The minimum absolute atomic E-state index is 0.149. The molecule has 0 bridgehead atoms. The molecule has 0 saturated heterocycles. The number of rotatable bonds is 4. The molecule has 0 saturated carbocycles. The molecular formula is C11H11ClFN3O3S. The Labute approximate surface area is 119 Å². The Morgan fingerprint density at radius 2 is 2.20 bits per heavy atom. The summed E-state index contributed by atoms with van der Waals surface area (Å²) in [7, 11) is -3.95. The van der Waals surface area contributed by atoms with Crippen LogP contribution in [0.5, 0.6) is 0 Å². The van der Waals surface area contributed by atoms with Gasteiger partial charge in [0.15, 0.2) is 0 Å². The lowest BCUT2D eigenvalue weighted by atomic mass is 10.3. The van der Waals surface area contributed by atoms with Crippen LogP contribution >= 0.6 is 11.6 Å². The number of hydrogen-bond donors (Lipinski definition) is 2. The number of aryl methyl sites for hydroxylation is 1. The summed E-state index contributed by atoms with van der Waals surface area (Å²) in [5, 5.41) is -0.257. The second kappa shape index (κ2) is 5.39. The number of sulfonamides is 1. The molecule has 6 nitrogen and oxygen atoms in total. The van der Waals surface area contributed by atoms with Gasteiger partial charge in [0.1, 0.15) is 16.5 Å². The quantitative estimate of drug-likeness (QED) is 0.838. The van der Waals surface area contributed by atoms with Crippen molar-refractivity contribution in [3.63, 3.8) is 0 Å². The van der Waals surface area contributed by atoms with E-state index in [2.05, 4.69) is 9.71 Å². The second-order valence-corrected chi connectivity index (χ2v) is 6.14. The third-order valence-electron chi connectivity index (χ3n) is 2.42. The maximum atomic E-state index is 13.2. The van der Waals surface area contributed by atoms with Crippen LogP contribution in [0.2, 0.25) is 5.02 Å². The molecule has 1 heterocycles. The van der Waals surface area contributed by atoms with Crippen LogP contribution in [0.1, 0.15) is 11.7 Å². The molecule has 0 fully saturated rings. The number of aromatic nitrogens is 1. The minimum atomic E-state index is -3.95. The summed E-state index contributed by atoms with van der Waals surface area (Å²) in [6.07, 6.45) is 1.46. The highest BCUT2D eigenvalue weighted by atomic mass is 35.5. The third kappa shape index (κ3) is 3.09. The molecule has 0 aliphatic rings. The van der Waals surface area contributed by atoms with E-state index in [4.69, 9.17) is 21.8 Å². The Kier molecular flexibility index (Phi) is 3.98. The molecule has 9 heteroatoms. The van der Waals surface area contributed by atoms with E-state index >= 15 is 0 Å². The Hall–Kier alpha value is -1.64. The number of halogens is 2. The summed E-state index contributed by atoms with van der Waals surface area (Å²) >= 11 is 5.72. The lowest BCUT2D eigenvalue weighted by Crippen LogP contribution is -2.24. The second-order valence-electron chi connectivity index (χ2n) is 3.99. The Balaban J connectivity index is 2.24. The van der Waals surface area contributed by atoms with Crippen molar-refractivity contribution < 1.29 is 17.2 Å². The van der Waals surface area contributed by atoms with Gasteiger partial charge in [-0.15, -0.1) is 0 Å². The van der Waals surface area contributed by atoms with Crippen LogP contribution in [0, 0.1) is 12.7 Å². The third-order valence-corrected chi connectivity index (χ3v) is 4.29. The summed E-state index contributed by atoms with van der Waals surface area (Å²) < 4.78 is 44.6. The zero-order valence-corrected chi connectivity index (χ0v) is 11.9. The molecule has 20 heavy (non-hydrogen) atoms. The standard InChI is InChI=1S/C11H11ClFN3O3S/c1-6-4-15-11(19-6)5-16-20(17,18)10-3-9(14)8(13)2-7(10)12/h2-4,16H,5,14H2,1H3. The Bertz CT molecular complexity index is 745. The fourth-order valence-corrected chi connectivity index (χ4v) is 2.99. The molecule has 2 aromatic rings. The van der Waals surface area contributed by atoms with E-state index in [1.807, 2.05) is 0 Å². The summed E-state index contributed by atoms with van der Waals surface area (Å²) in [6, 6.07) is 1.81. The van der Waals surface area contributed by atoms with Gasteiger partial charge >= 0.3 is 0 Å². The van der Waals surface area contributed by atoms with Gasteiger partial charge in [-0.25, -0.2) is 22.5 Å². The van der Waals surface area contributed by atoms with Crippen molar-refractivity contribution in [2.45, 2.75) is 18.4 Å². The zero-order valence-electron chi connectivity index (χ0n) is 10.4. The van der Waals surface area contributed by atoms with Crippen LogP contribution in [-0.2, 0) is 16.6 Å². The average molecular weight is 320 g/mol. The van der Waals surface area contributed by atoms with Crippen molar-refractivity contribution in [2.75, 3.05) is 5.73 Å². The fourth-order valence-electron chi connectivity index (χ4n) is 1.47. The van der Waals surface area contributed by atoms with Gasteiger partial charge in [0.25, 0.3) is 0 Å². The highest BCUT2D eigenvalue weighted by Gasteiger charge is 2.20. The van der Waals surface area contributed by atoms with Crippen molar-refractivity contribution in [3.8, 4) is 0 Å². The molecule has 0 radical (unpaired) electrons. The molecule has 0 atom stereocenters. The number of nitrogens with one attached hydrogen (secondary N) is 1. The van der Waals surface area contributed by atoms with Gasteiger partial charge < -0.3 is 10.2 Å². The molecule has 2 rings (SSSR count). The lowest BCUT2D eigenvalue weighted by molar-refractivity contribution is 0.463. The summed E-state index contributed by atoms with van der Waals surface area (Å²) in [5.74, 6) is -0.0159. The fraction of sp³-hybridized carbons (Fsp3) is 0.182. The smallest absolute Gasteiger partial charge is 0.242 e. The molecule has 1 aromatic carbocycles. The molecule has 0 unspecified atom stereocenters. The van der Waals surface area contributed by atoms with Crippen molar-refractivity contribution in [1.29, 1.82) is 0 Å². The minimum Gasteiger partial charge on any atom is -0.445 e. The van der Waals surface area contributed by atoms with E-state index in [1.54, 1.807) is 6.92 Å². The molecule has 1 aromatic heterocycles. The maximum Gasteiger partial charge on any atom is 0.242 e. The maximum absolute atomic E-state index is 13.2. The molecule has 108 valence electrons. The normalized spacial score (nSPS) is 11.8. The van der Waals surface area contributed by atoms with Gasteiger partial charge in [-0.05, 0) is 19.1 Å². The number of nitrogens with two attached hydrogens (primary N) is 1. The van der Waals surface area contributed by atoms with Crippen molar-refractivity contribution in [3.05, 3.63) is 40.8 Å². The number of anilines is 1. The number of nitrogens with zero attached hydrogens (tertiary/aromatic N) is 1. The molecule has 0 spiro atoms. The van der Waals surface area contributed by atoms with Crippen LogP contribution in [0.25, 0.3) is 0 Å². The first-order valence-corrected chi connectivity index (χ1v) is 7.31. The first kappa shape index (κ1) is 14.8. The first-order valence-electron chi connectivity index (χ1n) is 5.45. The van der Waals surface area contributed by atoms with E-state index in [0.717, 1.165) is 12.1 Å². The van der Waals surface area contributed by atoms with Crippen molar-refractivity contribution >= 4 is 27.3 Å². The molecule has 0 amide bonds. The van der Waals surface area contributed by atoms with Crippen LogP contribution in [0.4, 0.5) is 10.1 Å². The van der Waals surface area contributed by atoms with Gasteiger partial charge in [-0.1, -0.05) is 11.6 Å². The monoisotopic (exact) mass is 319 g/mol. The van der Waals surface area contributed by atoms with Gasteiger partial charge in [-0.3, -0.25) is 0 Å². The summed E-state index contributed by atoms with van der Waals surface area (Å²) in [6.45, 7) is 1.53. The molecule has 3 N–H and O–H groups in total. The van der Waals surface area contributed by atoms with Crippen LogP contribution < -0.4 is 10.5 Å².